The third-order valence-corrected chi connectivity index (χ3v) is 3.67. The number of thiazole rings is 1. The zero-order chi connectivity index (χ0) is 11.4. The third kappa shape index (κ3) is 3.25. The summed E-state index contributed by atoms with van der Waals surface area (Å²) in [6.45, 7) is 3.35. The van der Waals surface area contributed by atoms with Crippen LogP contribution in [-0.2, 0) is 17.8 Å². The van der Waals surface area contributed by atoms with Crippen LogP contribution >= 0.6 is 11.3 Å². The normalized spacial score (nSPS) is 20.8. The zero-order valence-corrected chi connectivity index (χ0v) is 10.5. The highest BCUT2D eigenvalue weighted by Gasteiger charge is 2.17. The molecule has 0 aliphatic carbocycles. The molecule has 1 fully saturated rings. The van der Waals surface area contributed by atoms with E-state index in [-0.39, 0.29) is 0 Å². The Morgan fingerprint density at radius 1 is 1.69 bits per heavy atom. The summed E-state index contributed by atoms with van der Waals surface area (Å²) < 4.78 is 5.61. The molecular formula is C11H19N3OS. The fourth-order valence-electron chi connectivity index (χ4n) is 1.99. The van der Waals surface area contributed by atoms with Crippen molar-refractivity contribution in [3.05, 3.63) is 16.1 Å². The van der Waals surface area contributed by atoms with Gasteiger partial charge in [0, 0.05) is 31.6 Å². The molecule has 1 atom stereocenters. The molecule has 1 unspecified atom stereocenters. The highest BCUT2D eigenvalue weighted by molar-refractivity contribution is 7.09. The van der Waals surface area contributed by atoms with Gasteiger partial charge in [0.1, 0.15) is 5.01 Å². The van der Waals surface area contributed by atoms with Gasteiger partial charge in [0.2, 0.25) is 0 Å². The van der Waals surface area contributed by atoms with Crippen molar-refractivity contribution in [2.45, 2.75) is 32.0 Å². The van der Waals surface area contributed by atoms with E-state index in [1.165, 1.54) is 12.8 Å². The Labute approximate surface area is 100 Å². The minimum atomic E-state index is 0.414. The quantitative estimate of drug-likeness (QED) is 0.842. The van der Waals surface area contributed by atoms with Crippen LogP contribution in [0.15, 0.2) is 5.38 Å². The number of nitrogens with zero attached hydrogens (tertiary/aromatic N) is 2. The van der Waals surface area contributed by atoms with Crippen LogP contribution in [0.3, 0.4) is 0 Å². The molecular weight excluding hydrogens is 222 g/mol. The molecule has 5 heteroatoms. The molecule has 16 heavy (non-hydrogen) atoms. The minimum absolute atomic E-state index is 0.414. The Bertz CT molecular complexity index is 323. The smallest absolute Gasteiger partial charge is 0.106 e. The molecule has 0 bridgehead atoms. The van der Waals surface area contributed by atoms with E-state index >= 15 is 0 Å². The Kier molecular flexibility index (Phi) is 4.29. The topological polar surface area (TPSA) is 51.4 Å². The lowest BCUT2D eigenvalue weighted by Crippen LogP contribution is -2.28. The van der Waals surface area contributed by atoms with E-state index in [1.807, 2.05) is 0 Å². The molecule has 0 amide bonds. The molecule has 0 radical (unpaired) electrons. The Balaban J connectivity index is 1.79. The fraction of sp³-hybridized carbons (Fsp3) is 0.727. The lowest BCUT2D eigenvalue weighted by molar-refractivity contribution is 0.0790. The van der Waals surface area contributed by atoms with E-state index in [1.54, 1.807) is 11.3 Å². The number of ether oxygens (including phenoxy) is 1. The summed E-state index contributed by atoms with van der Waals surface area (Å²) in [4.78, 5) is 6.72. The molecule has 1 aromatic rings. The van der Waals surface area contributed by atoms with Gasteiger partial charge in [-0.3, -0.25) is 4.90 Å². The predicted octanol–water partition coefficient (Wildman–Crippen LogP) is 1.21. The first kappa shape index (κ1) is 12.0. The first-order valence-electron chi connectivity index (χ1n) is 5.71. The van der Waals surface area contributed by atoms with Gasteiger partial charge in [0.15, 0.2) is 0 Å². The number of aromatic nitrogens is 1. The molecule has 0 spiro atoms. The first-order valence-corrected chi connectivity index (χ1v) is 6.59. The molecule has 1 aliphatic rings. The SMILES string of the molecule is CN(Cc1csc(CN)n1)CC1CCCO1. The number of rotatable bonds is 5. The van der Waals surface area contributed by atoms with Gasteiger partial charge in [0.05, 0.1) is 11.8 Å². The van der Waals surface area contributed by atoms with Crippen LogP contribution in [0.1, 0.15) is 23.5 Å². The van der Waals surface area contributed by atoms with E-state index in [0.29, 0.717) is 12.6 Å². The number of hydrogen-bond acceptors (Lipinski definition) is 5. The van der Waals surface area contributed by atoms with Gasteiger partial charge in [-0.1, -0.05) is 0 Å². The first-order chi connectivity index (χ1) is 7.78. The maximum Gasteiger partial charge on any atom is 0.106 e. The van der Waals surface area contributed by atoms with Gasteiger partial charge < -0.3 is 10.5 Å². The molecule has 2 heterocycles. The lowest BCUT2D eigenvalue weighted by atomic mass is 10.2. The molecule has 1 aliphatic heterocycles. The average molecular weight is 241 g/mol. The van der Waals surface area contributed by atoms with Crippen LogP contribution in [0.4, 0.5) is 0 Å². The molecule has 90 valence electrons. The van der Waals surface area contributed by atoms with E-state index in [4.69, 9.17) is 10.5 Å². The summed E-state index contributed by atoms with van der Waals surface area (Å²) in [5.74, 6) is 0. The van der Waals surface area contributed by atoms with Crippen molar-refractivity contribution in [3.8, 4) is 0 Å². The van der Waals surface area contributed by atoms with Gasteiger partial charge in [-0.2, -0.15) is 0 Å². The van der Waals surface area contributed by atoms with Crippen molar-refractivity contribution in [3.63, 3.8) is 0 Å². The highest BCUT2D eigenvalue weighted by atomic mass is 32.1. The zero-order valence-electron chi connectivity index (χ0n) is 9.69. The molecule has 0 aromatic carbocycles. The van der Waals surface area contributed by atoms with Crippen LogP contribution in [0.2, 0.25) is 0 Å². The lowest BCUT2D eigenvalue weighted by Gasteiger charge is -2.19. The molecule has 0 saturated carbocycles. The van der Waals surface area contributed by atoms with Crippen LogP contribution in [0.25, 0.3) is 0 Å². The van der Waals surface area contributed by atoms with Crippen LogP contribution in [-0.4, -0.2) is 36.2 Å². The molecule has 2 N–H and O–H groups in total. The number of nitrogens with two attached hydrogens (primary N) is 1. The summed E-state index contributed by atoms with van der Waals surface area (Å²) in [6.07, 6.45) is 2.81. The molecule has 2 rings (SSSR count). The Morgan fingerprint density at radius 2 is 2.56 bits per heavy atom. The van der Waals surface area contributed by atoms with E-state index in [9.17, 15) is 0 Å². The number of likely N-dealkylation sites (N-methyl/N-ethyl adjacent to an activating group) is 1. The van der Waals surface area contributed by atoms with Gasteiger partial charge in [-0.05, 0) is 19.9 Å². The maximum atomic E-state index is 5.61. The van der Waals surface area contributed by atoms with Crippen LogP contribution in [0.5, 0.6) is 0 Å². The van der Waals surface area contributed by atoms with Crippen molar-refractivity contribution in [1.29, 1.82) is 0 Å². The predicted molar refractivity (Wildman–Crippen MR) is 65.3 cm³/mol. The second kappa shape index (κ2) is 5.72. The minimum Gasteiger partial charge on any atom is -0.377 e. The largest absolute Gasteiger partial charge is 0.377 e. The standard InChI is InChI=1S/C11H19N3OS/c1-14(7-10-3-2-4-15-10)6-9-8-16-11(5-12)13-9/h8,10H,2-7,12H2,1H3. The third-order valence-electron chi connectivity index (χ3n) is 2.75. The highest BCUT2D eigenvalue weighted by Crippen LogP contribution is 2.15. The fourth-order valence-corrected chi connectivity index (χ4v) is 2.66. The van der Waals surface area contributed by atoms with Crippen molar-refractivity contribution in [1.82, 2.24) is 9.88 Å². The summed E-state index contributed by atoms with van der Waals surface area (Å²) in [5, 5.41) is 3.11. The van der Waals surface area contributed by atoms with Crippen LogP contribution < -0.4 is 5.73 Å². The van der Waals surface area contributed by atoms with Gasteiger partial charge in [-0.15, -0.1) is 11.3 Å². The Morgan fingerprint density at radius 3 is 3.19 bits per heavy atom. The Hall–Kier alpha value is -0.490. The molecule has 4 nitrogen and oxygen atoms in total. The van der Waals surface area contributed by atoms with Crippen molar-refractivity contribution >= 4 is 11.3 Å². The van der Waals surface area contributed by atoms with Crippen molar-refractivity contribution in [2.75, 3.05) is 20.2 Å². The van der Waals surface area contributed by atoms with Gasteiger partial charge in [-0.25, -0.2) is 4.98 Å². The summed E-state index contributed by atoms with van der Waals surface area (Å²) in [6, 6.07) is 0. The maximum absolute atomic E-state index is 5.61. The van der Waals surface area contributed by atoms with Gasteiger partial charge in [0.25, 0.3) is 0 Å². The van der Waals surface area contributed by atoms with E-state index in [2.05, 4.69) is 22.3 Å². The van der Waals surface area contributed by atoms with E-state index < -0.39 is 0 Å². The second-order valence-corrected chi connectivity index (χ2v) is 5.21. The van der Waals surface area contributed by atoms with E-state index in [0.717, 1.165) is 30.4 Å². The molecule has 1 aromatic heterocycles. The summed E-state index contributed by atoms with van der Waals surface area (Å²) in [5.41, 5.74) is 6.66. The second-order valence-electron chi connectivity index (χ2n) is 4.27. The summed E-state index contributed by atoms with van der Waals surface area (Å²) in [7, 11) is 2.11. The average Bonchev–Trinajstić information content (AvgIpc) is 2.89. The van der Waals surface area contributed by atoms with Gasteiger partial charge >= 0.3 is 0 Å². The molecule has 1 saturated heterocycles. The number of hydrogen-bond donors (Lipinski definition) is 1. The van der Waals surface area contributed by atoms with Crippen LogP contribution in [0, 0.1) is 0 Å². The van der Waals surface area contributed by atoms with Crippen molar-refractivity contribution < 1.29 is 4.74 Å². The monoisotopic (exact) mass is 241 g/mol. The summed E-state index contributed by atoms with van der Waals surface area (Å²) >= 11 is 1.64. The van der Waals surface area contributed by atoms with Crippen molar-refractivity contribution in [2.24, 2.45) is 5.73 Å².